The molecule has 0 spiro atoms. The summed E-state index contributed by atoms with van der Waals surface area (Å²) in [6.07, 6.45) is 1.69. The standard InChI is InChI=1S/C11H9N5O3S/c17-9(18)5-15-10(19)8(4-7-2-1-3-20-7)14-16-6-12-13-11(15)16/h1-3,6H,4-5H2,(H,17,18). The molecule has 20 heavy (non-hydrogen) atoms. The fourth-order valence-electron chi connectivity index (χ4n) is 1.86. The van der Waals surface area contributed by atoms with Crippen molar-refractivity contribution in [3.05, 3.63) is 44.8 Å². The Morgan fingerprint density at radius 1 is 1.45 bits per heavy atom. The highest BCUT2D eigenvalue weighted by atomic mass is 32.1. The lowest BCUT2D eigenvalue weighted by atomic mass is 10.3. The van der Waals surface area contributed by atoms with Crippen LogP contribution in [0.5, 0.6) is 0 Å². The molecule has 9 heteroatoms. The molecule has 0 unspecified atom stereocenters. The van der Waals surface area contributed by atoms with Crippen LogP contribution in [-0.4, -0.2) is 35.5 Å². The summed E-state index contributed by atoms with van der Waals surface area (Å²) < 4.78 is 2.37. The van der Waals surface area contributed by atoms with Gasteiger partial charge in [0.05, 0.1) is 0 Å². The highest BCUT2D eigenvalue weighted by Crippen LogP contribution is 2.11. The third-order valence-electron chi connectivity index (χ3n) is 2.69. The molecular formula is C11H9N5O3S. The van der Waals surface area contributed by atoms with Crippen molar-refractivity contribution in [1.29, 1.82) is 0 Å². The molecule has 1 N–H and O–H groups in total. The van der Waals surface area contributed by atoms with Crippen molar-refractivity contribution in [2.75, 3.05) is 0 Å². The monoisotopic (exact) mass is 291 g/mol. The number of fused-ring (bicyclic) bond motifs is 1. The second kappa shape index (κ2) is 4.85. The molecule has 3 heterocycles. The van der Waals surface area contributed by atoms with Crippen LogP contribution in [0.3, 0.4) is 0 Å². The molecule has 0 amide bonds. The number of carboxylic acid groups (broad SMARTS) is 1. The summed E-state index contributed by atoms with van der Waals surface area (Å²) in [5, 5.41) is 22.3. The summed E-state index contributed by atoms with van der Waals surface area (Å²) in [5.41, 5.74) is -0.192. The van der Waals surface area contributed by atoms with Crippen LogP contribution >= 0.6 is 11.3 Å². The fraction of sp³-hybridized carbons (Fsp3) is 0.182. The average Bonchev–Trinajstić information content (AvgIpc) is 3.04. The Hall–Kier alpha value is -2.55. The first-order valence-electron chi connectivity index (χ1n) is 5.69. The van der Waals surface area contributed by atoms with Gasteiger partial charge >= 0.3 is 5.97 Å². The third kappa shape index (κ3) is 2.18. The van der Waals surface area contributed by atoms with E-state index in [2.05, 4.69) is 15.3 Å². The van der Waals surface area contributed by atoms with E-state index in [9.17, 15) is 9.59 Å². The number of carboxylic acids is 1. The molecule has 0 atom stereocenters. The molecule has 0 bridgehead atoms. The third-order valence-corrected chi connectivity index (χ3v) is 3.57. The Kier molecular flexibility index (Phi) is 3.03. The summed E-state index contributed by atoms with van der Waals surface area (Å²) in [4.78, 5) is 24.2. The maximum atomic E-state index is 12.3. The predicted octanol–water partition coefficient (Wildman–Crippen LogP) is 0.0229. The number of rotatable bonds is 4. The van der Waals surface area contributed by atoms with E-state index in [1.165, 1.54) is 22.2 Å². The highest BCUT2D eigenvalue weighted by molar-refractivity contribution is 7.09. The Bertz CT molecular complexity index is 820. The summed E-state index contributed by atoms with van der Waals surface area (Å²) >= 11 is 1.51. The number of aromatic nitrogens is 5. The maximum absolute atomic E-state index is 12.3. The van der Waals surface area contributed by atoms with Crippen LogP contribution in [0.2, 0.25) is 0 Å². The van der Waals surface area contributed by atoms with Crippen molar-refractivity contribution in [2.24, 2.45) is 0 Å². The van der Waals surface area contributed by atoms with Gasteiger partial charge in [-0.25, -0.2) is 0 Å². The van der Waals surface area contributed by atoms with Crippen LogP contribution in [0, 0.1) is 0 Å². The van der Waals surface area contributed by atoms with Gasteiger partial charge in [-0.2, -0.15) is 9.61 Å². The Morgan fingerprint density at radius 2 is 2.30 bits per heavy atom. The van der Waals surface area contributed by atoms with E-state index in [-0.39, 0.29) is 11.5 Å². The van der Waals surface area contributed by atoms with Crippen molar-refractivity contribution in [2.45, 2.75) is 13.0 Å². The van der Waals surface area contributed by atoms with Gasteiger partial charge in [-0.15, -0.1) is 21.5 Å². The maximum Gasteiger partial charge on any atom is 0.323 e. The molecule has 3 rings (SSSR count). The number of aliphatic carboxylic acids is 1. The highest BCUT2D eigenvalue weighted by Gasteiger charge is 2.15. The lowest BCUT2D eigenvalue weighted by Gasteiger charge is -2.06. The molecule has 0 aromatic carbocycles. The van der Waals surface area contributed by atoms with Crippen molar-refractivity contribution in [1.82, 2.24) is 24.4 Å². The largest absolute Gasteiger partial charge is 0.480 e. The van der Waals surface area contributed by atoms with Gasteiger partial charge in [0, 0.05) is 11.3 Å². The van der Waals surface area contributed by atoms with E-state index >= 15 is 0 Å². The first kappa shape index (κ1) is 12.5. The first-order chi connectivity index (χ1) is 9.65. The smallest absolute Gasteiger partial charge is 0.323 e. The van der Waals surface area contributed by atoms with Crippen LogP contribution in [-0.2, 0) is 17.8 Å². The van der Waals surface area contributed by atoms with Gasteiger partial charge in [0.1, 0.15) is 18.6 Å². The van der Waals surface area contributed by atoms with Gasteiger partial charge < -0.3 is 5.11 Å². The summed E-state index contributed by atoms with van der Waals surface area (Å²) in [7, 11) is 0. The van der Waals surface area contributed by atoms with Crippen molar-refractivity contribution < 1.29 is 9.90 Å². The van der Waals surface area contributed by atoms with E-state index < -0.39 is 18.1 Å². The summed E-state index contributed by atoms with van der Waals surface area (Å²) in [6, 6.07) is 3.77. The van der Waals surface area contributed by atoms with Crippen molar-refractivity contribution in [3.63, 3.8) is 0 Å². The van der Waals surface area contributed by atoms with Crippen LogP contribution in [0.15, 0.2) is 28.6 Å². The van der Waals surface area contributed by atoms with Gasteiger partial charge in [-0.1, -0.05) is 6.07 Å². The lowest BCUT2D eigenvalue weighted by Crippen LogP contribution is -2.30. The SMILES string of the molecule is O=C(O)Cn1c(=O)c(Cc2cccs2)nn2cnnc12. The van der Waals surface area contributed by atoms with Crippen molar-refractivity contribution >= 4 is 23.1 Å². The molecule has 0 fully saturated rings. The Balaban J connectivity index is 2.15. The molecular weight excluding hydrogens is 282 g/mol. The summed E-state index contributed by atoms with van der Waals surface area (Å²) in [6.45, 7) is -0.471. The minimum Gasteiger partial charge on any atom is -0.480 e. The lowest BCUT2D eigenvalue weighted by molar-refractivity contribution is -0.137. The molecule has 0 radical (unpaired) electrons. The average molecular weight is 291 g/mol. The molecule has 0 aliphatic heterocycles. The Labute approximate surface area is 115 Å². The summed E-state index contributed by atoms with van der Waals surface area (Å²) in [5.74, 6) is -1.00. The first-order valence-corrected chi connectivity index (χ1v) is 6.57. The number of hydrogen-bond donors (Lipinski definition) is 1. The number of nitrogens with zero attached hydrogens (tertiary/aromatic N) is 5. The van der Waals surface area contributed by atoms with E-state index in [0.717, 1.165) is 9.44 Å². The zero-order chi connectivity index (χ0) is 14.1. The second-order valence-electron chi connectivity index (χ2n) is 4.06. The van der Waals surface area contributed by atoms with E-state index in [0.29, 0.717) is 6.42 Å². The number of carbonyl (C=O) groups is 1. The van der Waals surface area contributed by atoms with E-state index in [4.69, 9.17) is 5.11 Å². The van der Waals surface area contributed by atoms with E-state index in [1.807, 2.05) is 17.5 Å². The van der Waals surface area contributed by atoms with Gasteiger partial charge in [-0.3, -0.25) is 14.2 Å². The van der Waals surface area contributed by atoms with Gasteiger partial charge in [0.2, 0.25) is 0 Å². The zero-order valence-electron chi connectivity index (χ0n) is 10.1. The van der Waals surface area contributed by atoms with Crippen LogP contribution < -0.4 is 5.56 Å². The molecule has 3 aromatic rings. The number of hydrogen-bond acceptors (Lipinski definition) is 6. The minimum absolute atomic E-state index is 0.118. The molecule has 0 saturated heterocycles. The van der Waals surface area contributed by atoms with Gasteiger partial charge in [-0.05, 0) is 11.4 Å². The van der Waals surface area contributed by atoms with Gasteiger partial charge in [0.15, 0.2) is 0 Å². The topological polar surface area (TPSA) is 102 Å². The van der Waals surface area contributed by atoms with Crippen LogP contribution in [0.25, 0.3) is 5.78 Å². The van der Waals surface area contributed by atoms with Crippen molar-refractivity contribution in [3.8, 4) is 0 Å². The molecule has 0 saturated carbocycles. The molecule has 3 aromatic heterocycles. The Morgan fingerprint density at radius 3 is 3.00 bits per heavy atom. The predicted molar refractivity (Wildman–Crippen MR) is 69.8 cm³/mol. The molecule has 102 valence electrons. The molecule has 0 aliphatic carbocycles. The zero-order valence-corrected chi connectivity index (χ0v) is 10.9. The van der Waals surface area contributed by atoms with Gasteiger partial charge in [0.25, 0.3) is 11.3 Å². The van der Waals surface area contributed by atoms with Crippen LogP contribution in [0.4, 0.5) is 0 Å². The quantitative estimate of drug-likeness (QED) is 0.727. The van der Waals surface area contributed by atoms with E-state index in [1.54, 1.807) is 0 Å². The molecule has 8 nitrogen and oxygen atoms in total. The second-order valence-corrected chi connectivity index (χ2v) is 5.10. The van der Waals surface area contributed by atoms with Crippen LogP contribution in [0.1, 0.15) is 10.6 Å². The minimum atomic E-state index is -1.12. The fourth-order valence-corrected chi connectivity index (χ4v) is 2.57. The molecule has 0 aliphatic rings. The number of thiophene rings is 1. The normalized spacial score (nSPS) is 11.0.